The molecule has 0 bridgehead atoms. The van der Waals surface area contributed by atoms with E-state index in [2.05, 4.69) is 35.0 Å². The summed E-state index contributed by atoms with van der Waals surface area (Å²) in [5.41, 5.74) is 3.26. The van der Waals surface area contributed by atoms with Crippen molar-refractivity contribution in [1.29, 1.82) is 0 Å². The normalized spacial score (nSPS) is 16.4. The Bertz CT molecular complexity index is 654. The summed E-state index contributed by atoms with van der Waals surface area (Å²) in [4.78, 5) is 0. The highest BCUT2D eigenvalue weighted by atomic mass is 79.9. The molecular weight excluding hydrogens is 332 g/mol. The lowest BCUT2D eigenvalue weighted by Gasteiger charge is -2.14. The number of hydrogen-bond donors (Lipinski definition) is 1. The molecule has 1 N–H and O–H groups in total. The number of halogens is 1. The van der Waals surface area contributed by atoms with Crippen LogP contribution in [0, 0.1) is 6.92 Å². The predicted octanol–water partition coefficient (Wildman–Crippen LogP) is 3.63. The summed E-state index contributed by atoms with van der Waals surface area (Å²) < 4.78 is 12.6. The minimum Gasteiger partial charge on any atom is -0.489 e. The van der Waals surface area contributed by atoms with Crippen molar-refractivity contribution in [3.8, 4) is 11.5 Å². The van der Waals surface area contributed by atoms with E-state index in [1.807, 2.05) is 24.3 Å². The maximum atomic E-state index is 9.38. The largest absolute Gasteiger partial charge is 0.489 e. The third kappa shape index (κ3) is 3.22. The van der Waals surface area contributed by atoms with E-state index in [-0.39, 0.29) is 12.7 Å². The number of fused-ring (bicyclic) bond motifs is 1. The summed E-state index contributed by atoms with van der Waals surface area (Å²) in [6, 6.07) is 11.9. The average molecular weight is 349 g/mol. The number of aliphatic hydroxyl groups excluding tert-OH is 1. The van der Waals surface area contributed by atoms with Crippen LogP contribution in [0.1, 0.15) is 16.7 Å². The predicted molar refractivity (Wildman–Crippen MR) is 84.9 cm³/mol. The van der Waals surface area contributed by atoms with Gasteiger partial charge in [0.1, 0.15) is 24.2 Å². The van der Waals surface area contributed by atoms with E-state index in [1.54, 1.807) is 0 Å². The first-order chi connectivity index (χ1) is 10.2. The van der Waals surface area contributed by atoms with Gasteiger partial charge >= 0.3 is 0 Å². The van der Waals surface area contributed by atoms with E-state index in [0.29, 0.717) is 12.4 Å². The van der Waals surface area contributed by atoms with Crippen molar-refractivity contribution in [1.82, 2.24) is 0 Å². The zero-order chi connectivity index (χ0) is 14.8. The summed E-state index contributed by atoms with van der Waals surface area (Å²) in [7, 11) is 0. The van der Waals surface area contributed by atoms with E-state index < -0.39 is 0 Å². The number of benzene rings is 2. The van der Waals surface area contributed by atoms with Crippen LogP contribution in [-0.4, -0.2) is 17.8 Å². The Balaban J connectivity index is 1.65. The van der Waals surface area contributed by atoms with Crippen LogP contribution in [0.3, 0.4) is 0 Å². The Morgan fingerprint density at radius 1 is 1.29 bits per heavy atom. The summed E-state index contributed by atoms with van der Waals surface area (Å²) >= 11 is 3.39. The molecule has 1 unspecified atom stereocenters. The molecule has 0 saturated heterocycles. The van der Waals surface area contributed by atoms with Crippen LogP contribution >= 0.6 is 15.9 Å². The van der Waals surface area contributed by atoms with Gasteiger partial charge in [-0.25, -0.2) is 0 Å². The smallest absolute Gasteiger partial charge is 0.137 e. The molecule has 3 rings (SSSR count). The van der Waals surface area contributed by atoms with E-state index in [9.17, 15) is 5.11 Å². The first-order valence-corrected chi connectivity index (χ1v) is 7.73. The fourth-order valence-electron chi connectivity index (χ4n) is 2.54. The number of aryl methyl sites for hydroxylation is 1. The third-order valence-electron chi connectivity index (χ3n) is 3.57. The van der Waals surface area contributed by atoms with Gasteiger partial charge in [-0.05, 0) is 36.8 Å². The Morgan fingerprint density at radius 3 is 2.95 bits per heavy atom. The molecule has 0 aromatic heterocycles. The van der Waals surface area contributed by atoms with Crippen LogP contribution in [0.25, 0.3) is 0 Å². The molecule has 0 spiro atoms. The zero-order valence-electron chi connectivity index (χ0n) is 11.8. The number of rotatable bonds is 4. The van der Waals surface area contributed by atoms with Gasteiger partial charge in [0.25, 0.3) is 0 Å². The van der Waals surface area contributed by atoms with Crippen molar-refractivity contribution in [3.05, 3.63) is 57.6 Å². The minimum atomic E-state index is -0.0419. The highest BCUT2D eigenvalue weighted by Gasteiger charge is 2.23. The Kier molecular flexibility index (Phi) is 4.17. The molecule has 1 aliphatic rings. The van der Waals surface area contributed by atoms with Gasteiger partial charge in [0.15, 0.2) is 0 Å². The molecule has 0 aliphatic carbocycles. The highest BCUT2D eigenvalue weighted by molar-refractivity contribution is 9.10. The van der Waals surface area contributed by atoms with Gasteiger partial charge in [-0.15, -0.1) is 0 Å². The van der Waals surface area contributed by atoms with Crippen LogP contribution < -0.4 is 9.47 Å². The van der Waals surface area contributed by atoms with Crippen LogP contribution in [0.2, 0.25) is 0 Å². The zero-order valence-corrected chi connectivity index (χ0v) is 13.4. The van der Waals surface area contributed by atoms with Crippen molar-refractivity contribution in [2.75, 3.05) is 6.61 Å². The van der Waals surface area contributed by atoms with Crippen LogP contribution in [-0.2, 0) is 13.0 Å². The van der Waals surface area contributed by atoms with Crippen molar-refractivity contribution in [2.45, 2.75) is 26.1 Å². The molecule has 0 saturated carbocycles. The first kappa shape index (κ1) is 14.4. The summed E-state index contributed by atoms with van der Waals surface area (Å²) in [6.45, 7) is 2.52. The topological polar surface area (TPSA) is 38.7 Å². The lowest BCUT2D eigenvalue weighted by molar-refractivity contribution is 0.146. The van der Waals surface area contributed by atoms with Gasteiger partial charge in [-0.3, -0.25) is 0 Å². The van der Waals surface area contributed by atoms with Gasteiger partial charge in [0.05, 0.1) is 6.61 Å². The van der Waals surface area contributed by atoms with Crippen LogP contribution in [0.15, 0.2) is 40.9 Å². The molecule has 0 fully saturated rings. The molecule has 110 valence electrons. The molecule has 3 nitrogen and oxygen atoms in total. The van der Waals surface area contributed by atoms with Crippen LogP contribution in [0.4, 0.5) is 0 Å². The molecule has 2 aromatic carbocycles. The SMILES string of the molecule is Cc1ccc2c(c1)CC(COc1ccc(Br)cc1CO)O2. The van der Waals surface area contributed by atoms with Crippen molar-refractivity contribution < 1.29 is 14.6 Å². The third-order valence-corrected chi connectivity index (χ3v) is 4.07. The maximum Gasteiger partial charge on any atom is 0.137 e. The highest BCUT2D eigenvalue weighted by Crippen LogP contribution is 2.30. The van der Waals surface area contributed by atoms with Crippen molar-refractivity contribution in [3.63, 3.8) is 0 Å². The fraction of sp³-hybridized carbons (Fsp3) is 0.294. The summed E-state index contributed by atoms with van der Waals surface area (Å²) in [5, 5.41) is 9.38. The second-order valence-corrected chi connectivity index (χ2v) is 6.19. The molecule has 1 atom stereocenters. The summed E-state index contributed by atoms with van der Waals surface area (Å²) in [6.07, 6.45) is 0.888. The second kappa shape index (κ2) is 6.08. The van der Waals surface area contributed by atoms with E-state index in [1.165, 1.54) is 11.1 Å². The quantitative estimate of drug-likeness (QED) is 0.916. The molecule has 1 heterocycles. The number of hydrogen-bond acceptors (Lipinski definition) is 3. The van der Waals surface area contributed by atoms with Crippen molar-refractivity contribution >= 4 is 15.9 Å². The molecule has 1 aliphatic heterocycles. The first-order valence-electron chi connectivity index (χ1n) is 6.94. The monoisotopic (exact) mass is 348 g/mol. The average Bonchev–Trinajstić information content (AvgIpc) is 2.87. The van der Waals surface area contributed by atoms with E-state index in [0.717, 1.165) is 22.2 Å². The van der Waals surface area contributed by atoms with Gasteiger partial charge < -0.3 is 14.6 Å². The standard InChI is InChI=1S/C17H17BrO3/c1-11-2-4-17-12(6-11)8-15(21-17)10-20-16-5-3-14(18)7-13(16)9-19/h2-7,15,19H,8-10H2,1H3. The number of ether oxygens (including phenoxy) is 2. The summed E-state index contributed by atoms with van der Waals surface area (Å²) in [5.74, 6) is 1.66. The van der Waals surface area contributed by atoms with Gasteiger partial charge in [-0.1, -0.05) is 33.6 Å². The fourth-order valence-corrected chi connectivity index (χ4v) is 2.95. The van der Waals surface area contributed by atoms with E-state index >= 15 is 0 Å². The van der Waals surface area contributed by atoms with Gasteiger partial charge in [0, 0.05) is 16.5 Å². The molecular formula is C17H17BrO3. The van der Waals surface area contributed by atoms with Gasteiger partial charge in [-0.2, -0.15) is 0 Å². The minimum absolute atomic E-state index is 0.0250. The van der Waals surface area contributed by atoms with Gasteiger partial charge in [0.2, 0.25) is 0 Å². The number of aliphatic hydroxyl groups is 1. The molecule has 0 radical (unpaired) electrons. The molecule has 0 amide bonds. The maximum absolute atomic E-state index is 9.38. The van der Waals surface area contributed by atoms with E-state index in [4.69, 9.17) is 9.47 Å². The Hall–Kier alpha value is -1.52. The second-order valence-electron chi connectivity index (χ2n) is 5.28. The Morgan fingerprint density at radius 2 is 2.14 bits per heavy atom. The lowest BCUT2D eigenvalue weighted by atomic mass is 10.1. The van der Waals surface area contributed by atoms with Crippen molar-refractivity contribution in [2.24, 2.45) is 0 Å². The Labute approximate surface area is 132 Å². The molecule has 4 heteroatoms. The van der Waals surface area contributed by atoms with Crippen LogP contribution in [0.5, 0.6) is 11.5 Å². The molecule has 21 heavy (non-hydrogen) atoms. The lowest BCUT2D eigenvalue weighted by Crippen LogP contribution is -2.22. The molecule has 2 aromatic rings.